The lowest BCUT2D eigenvalue weighted by Gasteiger charge is -2.28. The van der Waals surface area contributed by atoms with Gasteiger partial charge in [0, 0.05) is 43.0 Å². The second-order valence-electron chi connectivity index (χ2n) is 4.18. The van der Waals surface area contributed by atoms with Crippen molar-refractivity contribution in [2.24, 2.45) is 0 Å². The molecular formula is C11H18N4OS. The molecule has 0 aromatic carbocycles. The zero-order chi connectivity index (χ0) is 12.1. The van der Waals surface area contributed by atoms with E-state index >= 15 is 0 Å². The van der Waals surface area contributed by atoms with E-state index in [0.29, 0.717) is 6.54 Å². The van der Waals surface area contributed by atoms with Gasteiger partial charge in [-0.2, -0.15) is 16.9 Å². The molecule has 1 atom stereocenters. The van der Waals surface area contributed by atoms with Crippen molar-refractivity contribution in [3.8, 4) is 0 Å². The molecule has 0 unspecified atom stereocenters. The van der Waals surface area contributed by atoms with E-state index < -0.39 is 0 Å². The molecular weight excluding hydrogens is 236 g/mol. The average Bonchev–Trinajstić information content (AvgIpc) is 2.82. The second kappa shape index (κ2) is 5.95. The predicted octanol–water partition coefficient (Wildman–Crippen LogP) is 1.03. The predicted molar refractivity (Wildman–Crippen MR) is 69.1 cm³/mol. The van der Waals surface area contributed by atoms with Crippen molar-refractivity contribution in [2.45, 2.75) is 19.5 Å². The Morgan fingerprint density at radius 3 is 2.94 bits per heavy atom. The fourth-order valence-electron chi connectivity index (χ4n) is 1.80. The smallest absolute Gasteiger partial charge is 0.317 e. The standard InChI is InChI=1S/C11H18N4OS/c1-10(9-15-4-2-3-12-15)13-11(16)14-5-7-17-8-6-14/h2-4,10H,5-9H2,1H3,(H,13,16)/t10-/m0/s1. The van der Waals surface area contributed by atoms with Crippen LogP contribution in [0, 0.1) is 0 Å². The minimum Gasteiger partial charge on any atom is -0.334 e. The first-order valence-corrected chi connectivity index (χ1v) is 7.02. The van der Waals surface area contributed by atoms with Crippen LogP contribution in [0.1, 0.15) is 6.92 Å². The molecule has 5 nitrogen and oxygen atoms in total. The van der Waals surface area contributed by atoms with Gasteiger partial charge in [-0.3, -0.25) is 4.68 Å². The first-order chi connectivity index (χ1) is 8.25. The molecule has 94 valence electrons. The van der Waals surface area contributed by atoms with E-state index in [1.807, 2.05) is 40.5 Å². The Bertz CT molecular complexity index is 348. The van der Waals surface area contributed by atoms with Gasteiger partial charge >= 0.3 is 6.03 Å². The number of rotatable bonds is 3. The van der Waals surface area contributed by atoms with Crippen LogP contribution in [0.2, 0.25) is 0 Å². The van der Waals surface area contributed by atoms with Gasteiger partial charge in [0.25, 0.3) is 0 Å². The monoisotopic (exact) mass is 254 g/mol. The molecule has 2 amide bonds. The molecule has 1 aromatic rings. The van der Waals surface area contributed by atoms with Crippen LogP contribution in [0.3, 0.4) is 0 Å². The van der Waals surface area contributed by atoms with E-state index in [0.717, 1.165) is 24.6 Å². The topological polar surface area (TPSA) is 50.2 Å². The number of nitrogens with zero attached hydrogens (tertiary/aromatic N) is 3. The number of hydrogen-bond acceptors (Lipinski definition) is 3. The highest BCUT2D eigenvalue weighted by Crippen LogP contribution is 2.09. The molecule has 0 spiro atoms. The summed E-state index contributed by atoms with van der Waals surface area (Å²) in [5.41, 5.74) is 0. The van der Waals surface area contributed by atoms with E-state index in [-0.39, 0.29) is 12.1 Å². The van der Waals surface area contributed by atoms with Crippen LogP contribution in [-0.2, 0) is 6.54 Å². The number of nitrogens with one attached hydrogen (secondary N) is 1. The third kappa shape index (κ3) is 3.66. The van der Waals surface area contributed by atoms with Gasteiger partial charge in [0.2, 0.25) is 0 Å². The summed E-state index contributed by atoms with van der Waals surface area (Å²) in [7, 11) is 0. The molecule has 1 N–H and O–H groups in total. The largest absolute Gasteiger partial charge is 0.334 e. The molecule has 1 aliphatic heterocycles. The summed E-state index contributed by atoms with van der Waals surface area (Å²) in [6.45, 7) is 4.41. The van der Waals surface area contributed by atoms with E-state index in [2.05, 4.69) is 10.4 Å². The third-order valence-corrected chi connectivity index (χ3v) is 3.63. The number of amides is 2. The van der Waals surface area contributed by atoms with Gasteiger partial charge in [-0.1, -0.05) is 0 Å². The van der Waals surface area contributed by atoms with E-state index in [1.54, 1.807) is 6.20 Å². The summed E-state index contributed by atoms with van der Waals surface area (Å²) in [5.74, 6) is 2.09. The zero-order valence-electron chi connectivity index (χ0n) is 10.0. The molecule has 1 saturated heterocycles. The van der Waals surface area contributed by atoms with Crippen LogP contribution in [0.25, 0.3) is 0 Å². The van der Waals surface area contributed by atoms with Gasteiger partial charge in [-0.05, 0) is 13.0 Å². The molecule has 0 saturated carbocycles. The maximum absolute atomic E-state index is 11.9. The Labute approximate surface area is 106 Å². The first kappa shape index (κ1) is 12.3. The van der Waals surface area contributed by atoms with Crippen molar-refractivity contribution in [1.29, 1.82) is 0 Å². The number of hydrogen-bond donors (Lipinski definition) is 1. The summed E-state index contributed by atoms with van der Waals surface area (Å²) in [4.78, 5) is 13.8. The maximum atomic E-state index is 11.9. The Hall–Kier alpha value is -1.17. The Morgan fingerprint density at radius 1 is 1.53 bits per heavy atom. The van der Waals surface area contributed by atoms with Crippen LogP contribution in [0.5, 0.6) is 0 Å². The highest BCUT2D eigenvalue weighted by Gasteiger charge is 2.18. The van der Waals surface area contributed by atoms with E-state index in [1.165, 1.54) is 0 Å². The minimum atomic E-state index is 0.0463. The molecule has 1 fully saturated rings. The fourth-order valence-corrected chi connectivity index (χ4v) is 2.71. The normalized spacial score (nSPS) is 17.8. The zero-order valence-corrected chi connectivity index (χ0v) is 10.8. The Morgan fingerprint density at radius 2 is 2.29 bits per heavy atom. The van der Waals surface area contributed by atoms with Crippen LogP contribution >= 0.6 is 11.8 Å². The quantitative estimate of drug-likeness (QED) is 0.876. The molecule has 1 aromatic heterocycles. The van der Waals surface area contributed by atoms with Gasteiger partial charge in [0.1, 0.15) is 0 Å². The lowest BCUT2D eigenvalue weighted by atomic mass is 10.3. The Kier molecular flexibility index (Phi) is 4.30. The SMILES string of the molecule is C[C@@H](Cn1cccn1)NC(=O)N1CCSCC1. The third-order valence-electron chi connectivity index (χ3n) is 2.69. The molecule has 6 heteroatoms. The van der Waals surface area contributed by atoms with Crippen LogP contribution < -0.4 is 5.32 Å². The first-order valence-electron chi connectivity index (χ1n) is 5.86. The van der Waals surface area contributed by atoms with Crippen LogP contribution in [0.15, 0.2) is 18.5 Å². The minimum absolute atomic E-state index is 0.0463. The van der Waals surface area contributed by atoms with Crippen LogP contribution in [0.4, 0.5) is 4.79 Å². The highest BCUT2D eigenvalue weighted by molar-refractivity contribution is 7.99. The summed E-state index contributed by atoms with van der Waals surface area (Å²) in [5, 5.41) is 7.13. The average molecular weight is 254 g/mol. The molecule has 2 rings (SSSR count). The summed E-state index contributed by atoms with van der Waals surface area (Å²) in [6.07, 6.45) is 3.65. The second-order valence-corrected chi connectivity index (χ2v) is 5.40. The molecule has 0 radical (unpaired) electrons. The highest BCUT2D eigenvalue weighted by atomic mass is 32.2. The van der Waals surface area contributed by atoms with E-state index in [9.17, 15) is 4.79 Å². The lowest BCUT2D eigenvalue weighted by molar-refractivity contribution is 0.198. The molecule has 0 aliphatic carbocycles. The Balaban J connectivity index is 1.77. The fraction of sp³-hybridized carbons (Fsp3) is 0.636. The van der Waals surface area contributed by atoms with Crippen molar-refractivity contribution in [3.05, 3.63) is 18.5 Å². The van der Waals surface area contributed by atoms with Crippen molar-refractivity contribution in [3.63, 3.8) is 0 Å². The van der Waals surface area contributed by atoms with Gasteiger partial charge < -0.3 is 10.2 Å². The van der Waals surface area contributed by atoms with Gasteiger partial charge in [0.05, 0.1) is 6.54 Å². The van der Waals surface area contributed by atoms with Gasteiger partial charge in [-0.15, -0.1) is 0 Å². The van der Waals surface area contributed by atoms with E-state index in [4.69, 9.17) is 0 Å². The van der Waals surface area contributed by atoms with Crippen molar-refractivity contribution >= 4 is 17.8 Å². The number of aromatic nitrogens is 2. The molecule has 2 heterocycles. The van der Waals surface area contributed by atoms with Crippen molar-refractivity contribution in [1.82, 2.24) is 20.0 Å². The molecule has 17 heavy (non-hydrogen) atoms. The van der Waals surface area contributed by atoms with Gasteiger partial charge in [0.15, 0.2) is 0 Å². The van der Waals surface area contributed by atoms with Crippen LogP contribution in [-0.4, -0.2) is 51.3 Å². The van der Waals surface area contributed by atoms with Crippen molar-refractivity contribution < 1.29 is 4.79 Å². The summed E-state index contributed by atoms with van der Waals surface area (Å²) < 4.78 is 1.83. The summed E-state index contributed by atoms with van der Waals surface area (Å²) >= 11 is 1.90. The molecule has 0 bridgehead atoms. The number of urea groups is 1. The number of carbonyl (C=O) groups is 1. The summed E-state index contributed by atoms with van der Waals surface area (Å²) in [6, 6.07) is 2.03. The number of thioether (sulfide) groups is 1. The molecule has 1 aliphatic rings. The number of carbonyl (C=O) groups excluding carboxylic acids is 1. The maximum Gasteiger partial charge on any atom is 0.317 e. The lowest BCUT2D eigenvalue weighted by Crippen LogP contribution is -2.48. The van der Waals surface area contributed by atoms with Gasteiger partial charge in [-0.25, -0.2) is 4.79 Å². The van der Waals surface area contributed by atoms with Crippen molar-refractivity contribution in [2.75, 3.05) is 24.6 Å².